The van der Waals surface area contributed by atoms with Gasteiger partial charge in [-0.2, -0.15) is 0 Å². The van der Waals surface area contributed by atoms with Crippen molar-refractivity contribution in [2.24, 2.45) is 5.73 Å². The molecular formula is C16H25N3O. The van der Waals surface area contributed by atoms with Crippen molar-refractivity contribution in [3.63, 3.8) is 0 Å². The summed E-state index contributed by atoms with van der Waals surface area (Å²) in [4.78, 5) is 16.4. The van der Waals surface area contributed by atoms with Gasteiger partial charge in [-0.3, -0.25) is 4.79 Å². The van der Waals surface area contributed by atoms with Crippen LogP contribution in [-0.4, -0.2) is 43.0 Å². The molecule has 2 N–H and O–H groups in total. The van der Waals surface area contributed by atoms with Gasteiger partial charge in [0.1, 0.15) is 0 Å². The van der Waals surface area contributed by atoms with Gasteiger partial charge in [-0.05, 0) is 25.0 Å². The topological polar surface area (TPSA) is 49.6 Å². The first-order chi connectivity index (χ1) is 9.61. The lowest BCUT2D eigenvalue weighted by atomic mass is 10.1. The quantitative estimate of drug-likeness (QED) is 0.911. The minimum atomic E-state index is -0.00287. The van der Waals surface area contributed by atoms with Gasteiger partial charge in [0, 0.05) is 44.3 Å². The molecule has 1 aliphatic heterocycles. The Kier molecular flexibility index (Phi) is 5.01. The Balaban J connectivity index is 1.89. The fraction of sp³-hybridized carbons (Fsp3) is 0.562. The van der Waals surface area contributed by atoms with Gasteiger partial charge in [-0.1, -0.05) is 25.1 Å². The molecule has 4 nitrogen and oxygen atoms in total. The van der Waals surface area contributed by atoms with Crippen molar-refractivity contribution in [3.05, 3.63) is 29.8 Å². The van der Waals surface area contributed by atoms with Gasteiger partial charge >= 0.3 is 0 Å². The summed E-state index contributed by atoms with van der Waals surface area (Å²) in [5.74, 6) is 0.198. The molecule has 1 amide bonds. The molecule has 0 aromatic heterocycles. The van der Waals surface area contributed by atoms with E-state index < -0.39 is 0 Å². The molecule has 1 unspecified atom stereocenters. The molecule has 0 bridgehead atoms. The highest BCUT2D eigenvalue weighted by Gasteiger charge is 2.22. The van der Waals surface area contributed by atoms with E-state index in [1.807, 2.05) is 11.8 Å². The first-order valence-electron chi connectivity index (χ1n) is 7.45. The van der Waals surface area contributed by atoms with Crippen LogP contribution in [0.25, 0.3) is 0 Å². The van der Waals surface area contributed by atoms with Crippen LogP contribution in [0.3, 0.4) is 0 Å². The van der Waals surface area contributed by atoms with Crippen LogP contribution in [-0.2, 0) is 4.79 Å². The highest BCUT2D eigenvalue weighted by molar-refractivity contribution is 5.77. The second-order valence-electron chi connectivity index (χ2n) is 5.53. The summed E-state index contributed by atoms with van der Waals surface area (Å²) < 4.78 is 0. The van der Waals surface area contributed by atoms with Gasteiger partial charge in [0.05, 0.1) is 0 Å². The number of aryl methyl sites for hydroxylation is 1. The Morgan fingerprint density at radius 1 is 1.25 bits per heavy atom. The van der Waals surface area contributed by atoms with E-state index >= 15 is 0 Å². The van der Waals surface area contributed by atoms with Crippen LogP contribution >= 0.6 is 0 Å². The molecule has 1 saturated heterocycles. The predicted octanol–water partition coefficient (Wildman–Crippen LogP) is 1.77. The average molecular weight is 275 g/mol. The third-order valence-corrected chi connectivity index (χ3v) is 4.05. The number of carbonyl (C=O) groups is 1. The zero-order valence-corrected chi connectivity index (χ0v) is 12.5. The molecule has 0 saturated carbocycles. The zero-order valence-electron chi connectivity index (χ0n) is 12.5. The van der Waals surface area contributed by atoms with Gasteiger partial charge in [-0.15, -0.1) is 0 Å². The van der Waals surface area contributed by atoms with E-state index in [-0.39, 0.29) is 11.9 Å². The van der Waals surface area contributed by atoms with Gasteiger partial charge < -0.3 is 15.5 Å². The van der Waals surface area contributed by atoms with E-state index in [0.717, 1.165) is 32.6 Å². The Hall–Kier alpha value is -1.55. The molecule has 20 heavy (non-hydrogen) atoms. The van der Waals surface area contributed by atoms with E-state index in [4.69, 9.17) is 5.73 Å². The molecule has 110 valence electrons. The van der Waals surface area contributed by atoms with Crippen LogP contribution in [0.1, 0.15) is 25.3 Å². The Morgan fingerprint density at radius 2 is 1.90 bits per heavy atom. The van der Waals surface area contributed by atoms with Crippen LogP contribution in [0.4, 0.5) is 5.69 Å². The molecule has 2 rings (SSSR count). The first kappa shape index (κ1) is 14.9. The summed E-state index contributed by atoms with van der Waals surface area (Å²) in [7, 11) is 0. The van der Waals surface area contributed by atoms with Crippen molar-refractivity contribution in [2.75, 3.05) is 31.1 Å². The zero-order chi connectivity index (χ0) is 14.5. The van der Waals surface area contributed by atoms with Crippen molar-refractivity contribution in [2.45, 2.75) is 32.7 Å². The molecule has 1 atom stereocenters. The van der Waals surface area contributed by atoms with Crippen molar-refractivity contribution in [1.29, 1.82) is 0 Å². The number of carbonyl (C=O) groups excluding carboxylic acids is 1. The van der Waals surface area contributed by atoms with Crippen LogP contribution in [0.15, 0.2) is 24.3 Å². The third-order valence-electron chi connectivity index (χ3n) is 4.05. The highest BCUT2D eigenvalue weighted by atomic mass is 16.2. The number of piperazine rings is 1. The summed E-state index contributed by atoms with van der Waals surface area (Å²) in [6.45, 7) is 7.55. The molecule has 4 heteroatoms. The minimum absolute atomic E-state index is 0.00287. The highest BCUT2D eigenvalue weighted by Crippen LogP contribution is 2.21. The molecule has 1 heterocycles. The fourth-order valence-corrected chi connectivity index (χ4v) is 2.61. The number of hydrogen-bond donors (Lipinski definition) is 1. The van der Waals surface area contributed by atoms with E-state index in [0.29, 0.717) is 6.42 Å². The lowest BCUT2D eigenvalue weighted by Gasteiger charge is -2.37. The molecular weight excluding hydrogens is 250 g/mol. The summed E-state index contributed by atoms with van der Waals surface area (Å²) >= 11 is 0. The first-order valence-corrected chi connectivity index (χ1v) is 7.45. The van der Waals surface area contributed by atoms with E-state index in [1.165, 1.54) is 11.3 Å². The summed E-state index contributed by atoms with van der Waals surface area (Å²) in [5, 5.41) is 0. The normalized spacial score (nSPS) is 17.1. The Labute approximate surface area is 121 Å². The number of hydrogen-bond acceptors (Lipinski definition) is 3. The fourth-order valence-electron chi connectivity index (χ4n) is 2.61. The molecule has 0 radical (unpaired) electrons. The van der Waals surface area contributed by atoms with Gasteiger partial charge in [-0.25, -0.2) is 0 Å². The van der Waals surface area contributed by atoms with Crippen LogP contribution in [0.2, 0.25) is 0 Å². The van der Waals surface area contributed by atoms with Gasteiger partial charge in [0.2, 0.25) is 5.91 Å². The van der Waals surface area contributed by atoms with Crippen LogP contribution < -0.4 is 10.6 Å². The van der Waals surface area contributed by atoms with E-state index in [2.05, 4.69) is 36.1 Å². The van der Waals surface area contributed by atoms with E-state index in [9.17, 15) is 4.79 Å². The molecule has 1 fully saturated rings. The standard InChI is InChI=1S/C16H25N3O/c1-3-14(17)12-16(20)19-10-8-18(9-11-19)15-7-5-4-6-13(15)2/h4-7,14H,3,8-12,17H2,1-2H3. The van der Waals surface area contributed by atoms with E-state index in [1.54, 1.807) is 0 Å². The predicted molar refractivity (Wildman–Crippen MR) is 82.9 cm³/mol. The summed E-state index contributed by atoms with van der Waals surface area (Å²) in [6, 6.07) is 8.41. The molecule has 0 spiro atoms. The van der Waals surface area contributed by atoms with Crippen LogP contribution in [0.5, 0.6) is 0 Å². The summed E-state index contributed by atoms with van der Waals surface area (Å²) in [5.41, 5.74) is 8.44. The number of nitrogens with two attached hydrogens (primary N) is 1. The monoisotopic (exact) mass is 275 g/mol. The number of rotatable bonds is 4. The summed E-state index contributed by atoms with van der Waals surface area (Å²) in [6.07, 6.45) is 1.33. The second-order valence-corrected chi connectivity index (χ2v) is 5.53. The lowest BCUT2D eigenvalue weighted by Crippen LogP contribution is -2.49. The second kappa shape index (κ2) is 6.75. The maximum atomic E-state index is 12.1. The van der Waals surface area contributed by atoms with Gasteiger partial charge in [0.15, 0.2) is 0 Å². The van der Waals surface area contributed by atoms with Crippen molar-refractivity contribution in [3.8, 4) is 0 Å². The number of anilines is 1. The third kappa shape index (κ3) is 3.51. The Morgan fingerprint density at radius 3 is 2.50 bits per heavy atom. The molecule has 1 aromatic rings. The van der Waals surface area contributed by atoms with Crippen molar-refractivity contribution in [1.82, 2.24) is 4.90 Å². The molecule has 0 aliphatic carbocycles. The van der Waals surface area contributed by atoms with Crippen molar-refractivity contribution >= 4 is 11.6 Å². The van der Waals surface area contributed by atoms with Gasteiger partial charge in [0.25, 0.3) is 0 Å². The maximum Gasteiger partial charge on any atom is 0.224 e. The largest absolute Gasteiger partial charge is 0.368 e. The number of nitrogens with zero attached hydrogens (tertiary/aromatic N) is 2. The number of para-hydroxylation sites is 1. The minimum Gasteiger partial charge on any atom is -0.368 e. The average Bonchev–Trinajstić information content (AvgIpc) is 2.47. The smallest absolute Gasteiger partial charge is 0.224 e. The number of benzene rings is 1. The maximum absolute atomic E-state index is 12.1. The van der Waals surface area contributed by atoms with Crippen molar-refractivity contribution < 1.29 is 4.79 Å². The lowest BCUT2D eigenvalue weighted by molar-refractivity contribution is -0.131. The molecule has 1 aliphatic rings. The Bertz CT molecular complexity index is 453. The number of amides is 1. The van der Waals surface area contributed by atoms with Crippen LogP contribution in [0, 0.1) is 6.92 Å². The SMILES string of the molecule is CCC(N)CC(=O)N1CCN(c2ccccc2C)CC1. The molecule has 1 aromatic carbocycles.